The van der Waals surface area contributed by atoms with E-state index in [9.17, 15) is 28.5 Å². The van der Waals surface area contributed by atoms with Crippen LogP contribution in [0.4, 0.5) is 13.2 Å². The van der Waals surface area contributed by atoms with Crippen LogP contribution in [-0.2, 0) is 19.4 Å². The quantitative estimate of drug-likeness (QED) is 0.468. The van der Waals surface area contributed by atoms with Gasteiger partial charge in [0.05, 0.1) is 25.3 Å². The fourth-order valence-corrected chi connectivity index (χ4v) is 5.60. The maximum absolute atomic E-state index is 13.7. The summed E-state index contributed by atoms with van der Waals surface area (Å²) in [6.45, 7) is 2.36. The molecule has 1 amide bonds. The van der Waals surface area contributed by atoms with Crippen LogP contribution in [0.2, 0.25) is 0 Å². The highest BCUT2D eigenvalue weighted by atomic mass is 19.4. The largest absolute Gasteiger partial charge is 0.496 e. The molecule has 0 unspecified atom stereocenters. The monoisotopic (exact) mass is 519 g/mol. The number of likely N-dealkylation sites (tertiary alicyclic amines) is 1. The molecule has 0 saturated carbocycles. The summed E-state index contributed by atoms with van der Waals surface area (Å²) in [7, 11) is 1.49. The lowest BCUT2D eigenvalue weighted by Gasteiger charge is -2.30. The zero-order chi connectivity index (χ0) is 27.2. The van der Waals surface area contributed by atoms with E-state index < -0.39 is 24.0 Å². The molecule has 0 bridgehead atoms. The second-order valence-electron chi connectivity index (χ2n) is 9.76. The average Bonchev–Trinajstić information content (AvgIpc) is 3.47. The fourth-order valence-electron chi connectivity index (χ4n) is 5.60. The average molecular weight is 520 g/mol. The summed E-state index contributed by atoms with van der Waals surface area (Å²) in [5.74, 6) is 0.0289. The Hall–Kier alpha value is -4.31. The lowest BCUT2D eigenvalue weighted by molar-refractivity contribution is -0.127. The summed E-state index contributed by atoms with van der Waals surface area (Å²) < 4.78 is 48.4. The molecule has 7 nitrogen and oxygen atoms in total. The van der Waals surface area contributed by atoms with E-state index in [-0.39, 0.29) is 17.0 Å². The number of amides is 1. The summed E-state index contributed by atoms with van der Waals surface area (Å²) in [5, 5.41) is 19.3. The van der Waals surface area contributed by atoms with Crippen LogP contribution in [0.25, 0.3) is 22.4 Å². The van der Waals surface area contributed by atoms with Crippen molar-refractivity contribution in [2.45, 2.75) is 50.9 Å². The van der Waals surface area contributed by atoms with Crippen molar-refractivity contribution >= 4 is 5.91 Å². The molecule has 4 heterocycles. The summed E-state index contributed by atoms with van der Waals surface area (Å²) in [6.07, 6.45) is -2.59. The van der Waals surface area contributed by atoms with Crippen LogP contribution in [0.1, 0.15) is 47.1 Å². The van der Waals surface area contributed by atoms with Gasteiger partial charge >= 0.3 is 6.18 Å². The molecule has 10 heteroatoms. The van der Waals surface area contributed by atoms with Gasteiger partial charge in [-0.15, -0.1) is 0 Å². The molecule has 2 aromatic heterocycles. The van der Waals surface area contributed by atoms with Gasteiger partial charge in [-0.1, -0.05) is 0 Å². The van der Waals surface area contributed by atoms with Gasteiger partial charge in [-0.25, -0.2) is 4.98 Å². The van der Waals surface area contributed by atoms with Gasteiger partial charge < -0.3 is 14.2 Å². The normalized spacial score (nSPS) is 18.3. The van der Waals surface area contributed by atoms with Gasteiger partial charge in [0.25, 0.3) is 5.91 Å². The van der Waals surface area contributed by atoms with Gasteiger partial charge in [0.15, 0.2) is 0 Å². The number of ether oxygens (including phenoxy) is 1. The third kappa shape index (κ3) is 4.16. The minimum Gasteiger partial charge on any atom is -0.496 e. The molecule has 2 aliphatic heterocycles. The van der Waals surface area contributed by atoms with Crippen LogP contribution < -0.4 is 4.74 Å². The van der Waals surface area contributed by atoms with Crippen molar-refractivity contribution < 1.29 is 22.7 Å². The third-order valence-electron chi connectivity index (χ3n) is 7.40. The number of halogens is 3. The topological polar surface area (TPSA) is 94.9 Å². The standard InChI is InChI=1S/C28H24F3N5O2/c1-27(16-33)7-4-9-36(27)26(37)23-11-18(14-28(29,30)31)25-20-13-21(19-5-3-8-34-22(19)15-32)24(38-2)12-17(20)6-10-35(23)25/h3,5,8,11-13H,4,6-7,9-10,14H2,1-2H3/t27-/m1/s1. The Labute approximate surface area is 217 Å². The predicted molar refractivity (Wildman–Crippen MR) is 132 cm³/mol. The van der Waals surface area contributed by atoms with Crippen molar-refractivity contribution in [3.63, 3.8) is 0 Å². The molecule has 1 aromatic carbocycles. The van der Waals surface area contributed by atoms with E-state index in [1.165, 1.54) is 24.3 Å². The number of aryl methyl sites for hydroxylation is 1. The Morgan fingerprint density at radius 1 is 1.18 bits per heavy atom. The van der Waals surface area contributed by atoms with Crippen molar-refractivity contribution in [2.24, 2.45) is 0 Å². The fraction of sp³-hybridized carbons (Fsp3) is 0.357. The number of nitriles is 2. The highest BCUT2D eigenvalue weighted by Gasteiger charge is 2.42. The molecule has 0 radical (unpaired) electrons. The minimum atomic E-state index is -4.50. The van der Waals surface area contributed by atoms with Crippen molar-refractivity contribution in [3.8, 4) is 40.3 Å². The smallest absolute Gasteiger partial charge is 0.393 e. The predicted octanol–water partition coefficient (Wildman–Crippen LogP) is 5.28. The number of nitrogens with zero attached hydrogens (tertiary/aromatic N) is 5. The lowest BCUT2D eigenvalue weighted by Crippen LogP contribution is -2.44. The lowest BCUT2D eigenvalue weighted by atomic mass is 9.90. The SMILES string of the molecule is COc1cc2c(cc1-c1cccnc1C#N)-c1c(CC(F)(F)F)cc(C(=O)N3CCC[C@]3(C)C#N)n1CC2. The number of hydrogen-bond acceptors (Lipinski definition) is 5. The number of carbonyl (C=O) groups is 1. The van der Waals surface area contributed by atoms with E-state index in [2.05, 4.69) is 17.1 Å². The number of fused-ring (bicyclic) bond motifs is 3. The second-order valence-corrected chi connectivity index (χ2v) is 9.76. The number of aromatic nitrogens is 2. The van der Waals surface area contributed by atoms with Gasteiger partial charge in [0.1, 0.15) is 28.7 Å². The summed E-state index contributed by atoms with van der Waals surface area (Å²) in [5.41, 5.74) is 1.94. The van der Waals surface area contributed by atoms with E-state index in [0.29, 0.717) is 60.5 Å². The maximum Gasteiger partial charge on any atom is 0.393 e. The molecule has 38 heavy (non-hydrogen) atoms. The Morgan fingerprint density at radius 3 is 2.66 bits per heavy atom. The molecule has 1 fully saturated rings. The van der Waals surface area contributed by atoms with Crippen LogP contribution in [0.15, 0.2) is 36.5 Å². The molecule has 194 valence electrons. The zero-order valence-corrected chi connectivity index (χ0v) is 20.9. The van der Waals surface area contributed by atoms with E-state index in [1.807, 2.05) is 0 Å². The van der Waals surface area contributed by atoms with Gasteiger partial charge in [-0.2, -0.15) is 23.7 Å². The number of hydrogen-bond donors (Lipinski definition) is 0. The molecular formula is C28H24F3N5O2. The van der Waals surface area contributed by atoms with Crippen molar-refractivity contribution in [1.29, 1.82) is 10.5 Å². The minimum absolute atomic E-state index is 0.0116. The number of carbonyl (C=O) groups excluding carboxylic acids is 1. The first kappa shape index (κ1) is 25.3. The highest BCUT2D eigenvalue weighted by molar-refractivity contribution is 5.96. The Balaban J connectivity index is 1.72. The van der Waals surface area contributed by atoms with Crippen LogP contribution >= 0.6 is 0 Å². The molecule has 0 N–H and O–H groups in total. The number of alkyl halides is 3. The summed E-state index contributed by atoms with van der Waals surface area (Å²) in [6, 6.07) is 12.5. The molecule has 0 spiro atoms. The van der Waals surface area contributed by atoms with Crippen LogP contribution in [0.5, 0.6) is 5.75 Å². The maximum atomic E-state index is 13.7. The Kier molecular flexibility index (Phi) is 6.15. The molecule has 1 atom stereocenters. The highest BCUT2D eigenvalue weighted by Crippen LogP contribution is 2.44. The van der Waals surface area contributed by atoms with Crippen LogP contribution in [0, 0.1) is 22.7 Å². The molecule has 0 aliphatic carbocycles. The molecule has 5 rings (SSSR count). The third-order valence-corrected chi connectivity index (χ3v) is 7.40. The first-order valence-corrected chi connectivity index (χ1v) is 12.2. The number of benzene rings is 1. The zero-order valence-electron chi connectivity index (χ0n) is 20.9. The van der Waals surface area contributed by atoms with Gasteiger partial charge in [0.2, 0.25) is 0 Å². The molecule has 1 saturated heterocycles. The second kappa shape index (κ2) is 9.21. The summed E-state index contributed by atoms with van der Waals surface area (Å²) in [4.78, 5) is 19.3. The molecule has 3 aromatic rings. The summed E-state index contributed by atoms with van der Waals surface area (Å²) >= 11 is 0. The van der Waals surface area contributed by atoms with Crippen molar-refractivity contribution in [3.05, 3.63) is 59.0 Å². The first-order valence-electron chi connectivity index (χ1n) is 12.2. The number of methoxy groups -OCH3 is 1. The van der Waals surface area contributed by atoms with Gasteiger partial charge in [0, 0.05) is 36.0 Å². The molecule has 2 aliphatic rings. The van der Waals surface area contributed by atoms with E-state index in [1.54, 1.807) is 35.8 Å². The van der Waals surface area contributed by atoms with Gasteiger partial charge in [-0.05, 0) is 67.6 Å². The van der Waals surface area contributed by atoms with Gasteiger partial charge in [-0.3, -0.25) is 4.79 Å². The van der Waals surface area contributed by atoms with E-state index in [0.717, 1.165) is 5.56 Å². The number of rotatable bonds is 4. The van der Waals surface area contributed by atoms with Crippen LogP contribution in [-0.4, -0.2) is 45.7 Å². The number of pyridine rings is 1. The van der Waals surface area contributed by atoms with Crippen molar-refractivity contribution in [1.82, 2.24) is 14.5 Å². The van der Waals surface area contributed by atoms with Crippen molar-refractivity contribution in [2.75, 3.05) is 13.7 Å². The first-order chi connectivity index (χ1) is 18.1. The Morgan fingerprint density at radius 2 is 1.97 bits per heavy atom. The Bertz CT molecular complexity index is 1530. The van der Waals surface area contributed by atoms with E-state index in [4.69, 9.17) is 4.74 Å². The van der Waals surface area contributed by atoms with Crippen LogP contribution in [0.3, 0.4) is 0 Å². The molecular weight excluding hydrogens is 495 g/mol. The van der Waals surface area contributed by atoms with E-state index >= 15 is 0 Å².